The van der Waals surface area contributed by atoms with E-state index in [9.17, 15) is 4.79 Å². The normalized spacial score (nSPS) is 17.2. The summed E-state index contributed by atoms with van der Waals surface area (Å²) in [6.07, 6.45) is 6.38. The van der Waals surface area contributed by atoms with E-state index in [4.69, 9.17) is 9.40 Å². The van der Waals surface area contributed by atoms with Gasteiger partial charge in [-0.1, -0.05) is 13.8 Å². The molecule has 8 heteroatoms. The summed E-state index contributed by atoms with van der Waals surface area (Å²) in [6.45, 7) is 9.29. The van der Waals surface area contributed by atoms with Crippen molar-refractivity contribution < 1.29 is 9.21 Å². The number of amides is 1. The van der Waals surface area contributed by atoms with Gasteiger partial charge in [0.2, 0.25) is 5.71 Å². The van der Waals surface area contributed by atoms with E-state index >= 15 is 0 Å². The average Bonchev–Trinajstić information content (AvgIpc) is 3.42. The van der Waals surface area contributed by atoms with Gasteiger partial charge in [-0.25, -0.2) is 19.9 Å². The fourth-order valence-electron chi connectivity index (χ4n) is 4.24. The van der Waals surface area contributed by atoms with Crippen LogP contribution in [0, 0.1) is 6.92 Å². The number of aromatic nitrogens is 4. The van der Waals surface area contributed by atoms with E-state index < -0.39 is 0 Å². The van der Waals surface area contributed by atoms with E-state index in [-0.39, 0.29) is 17.4 Å². The number of fused-ring (bicyclic) bond motifs is 2. The van der Waals surface area contributed by atoms with E-state index in [1.165, 1.54) is 6.33 Å². The van der Waals surface area contributed by atoms with Gasteiger partial charge in [0.15, 0.2) is 0 Å². The van der Waals surface area contributed by atoms with Crippen LogP contribution in [0.3, 0.4) is 0 Å². The van der Waals surface area contributed by atoms with Crippen LogP contribution in [0.2, 0.25) is 0 Å². The zero-order valence-electron chi connectivity index (χ0n) is 18.8. The number of anilines is 1. The van der Waals surface area contributed by atoms with Crippen molar-refractivity contribution >= 4 is 22.8 Å². The standard InChI is InChI=1S/C23H28N6O2/c1-13(2)19-24-10-15-6-9-29(11-16(15)27-19)22(30)17-14(3)31-21-18(17)20(25-12-26-21)28(5)23(4)7-8-23/h10,12-13H,6-9,11H2,1-5H3. The number of furan rings is 1. The van der Waals surface area contributed by atoms with Crippen LogP contribution in [-0.2, 0) is 13.0 Å². The lowest BCUT2D eigenvalue weighted by Crippen LogP contribution is -2.37. The molecule has 1 amide bonds. The highest BCUT2D eigenvalue weighted by Gasteiger charge is 2.43. The maximum Gasteiger partial charge on any atom is 0.258 e. The molecule has 1 saturated carbocycles. The molecule has 3 aromatic heterocycles. The molecule has 0 saturated heterocycles. The Labute approximate surface area is 181 Å². The van der Waals surface area contributed by atoms with Crippen molar-refractivity contribution in [1.82, 2.24) is 24.8 Å². The summed E-state index contributed by atoms with van der Waals surface area (Å²) < 4.78 is 5.90. The Bertz CT molecular complexity index is 1180. The Hall–Kier alpha value is -3.03. The van der Waals surface area contributed by atoms with Crippen molar-refractivity contribution in [3.05, 3.63) is 40.9 Å². The second-order valence-electron chi connectivity index (χ2n) is 9.30. The molecule has 0 radical (unpaired) electrons. The predicted octanol–water partition coefficient (Wildman–Crippen LogP) is 3.63. The van der Waals surface area contributed by atoms with E-state index in [0.717, 1.165) is 42.2 Å². The summed E-state index contributed by atoms with van der Waals surface area (Å²) in [7, 11) is 2.03. The maximum absolute atomic E-state index is 13.7. The summed E-state index contributed by atoms with van der Waals surface area (Å²) in [4.78, 5) is 35.8. The Morgan fingerprint density at radius 2 is 2.03 bits per heavy atom. The van der Waals surface area contributed by atoms with Crippen molar-refractivity contribution in [2.24, 2.45) is 0 Å². The van der Waals surface area contributed by atoms with Crippen molar-refractivity contribution in [2.45, 2.75) is 65.0 Å². The third kappa shape index (κ3) is 3.25. The molecule has 162 valence electrons. The topological polar surface area (TPSA) is 88.3 Å². The minimum atomic E-state index is -0.0583. The monoisotopic (exact) mass is 420 g/mol. The van der Waals surface area contributed by atoms with Gasteiger partial charge in [0, 0.05) is 31.2 Å². The van der Waals surface area contributed by atoms with Gasteiger partial charge in [0.25, 0.3) is 5.91 Å². The van der Waals surface area contributed by atoms with Crippen LogP contribution in [0.25, 0.3) is 11.1 Å². The van der Waals surface area contributed by atoms with Gasteiger partial charge in [-0.15, -0.1) is 0 Å². The van der Waals surface area contributed by atoms with Crippen LogP contribution in [0.5, 0.6) is 0 Å². The fraction of sp³-hybridized carbons (Fsp3) is 0.522. The van der Waals surface area contributed by atoms with Crippen LogP contribution in [0.1, 0.15) is 72.7 Å². The van der Waals surface area contributed by atoms with Gasteiger partial charge < -0.3 is 14.2 Å². The summed E-state index contributed by atoms with van der Waals surface area (Å²) in [5.74, 6) is 2.33. The van der Waals surface area contributed by atoms with Gasteiger partial charge in [-0.2, -0.15) is 0 Å². The molecule has 1 aliphatic carbocycles. The van der Waals surface area contributed by atoms with Crippen LogP contribution in [0.15, 0.2) is 16.9 Å². The summed E-state index contributed by atoms with van der Waals surface area (Å²) in [6, 6.07) is 0. The van der Waals surface area contributed by atoms with Crippen molar-refractivity contribution in [3.63, 3.8) is 0 Å². The van der Waals surface area contributed by atoms with Gasteiger partial charge >= 0.3 is 0 Å². The SMILES string of the molecule is Cc1oc2ncnc(N(C)C3(C)CC3)c2c1C(=O)N1CCc2cnc(C(C)C)nc2C1. The molecule has 0 N–H and O–H groups in total. The Morgan fingerprint density at radius 3 is 2.74 bits per heavy atom. The molecule has 0 atom stereocenters. The molecule has 31 heavy (non-hydrogen) atoms. The minimum absolute atomic E-state index is 0.0583. The molecule has 5 rings (SSSR count). The van der Waals surface area contributed by atoms with Crippen LogP contribution < -0.4 is 4.90 Å². The van der Waals surface area contributed by atoms with Crippen molar-refractivity contribution in [1.29, 1.82) is 0 Å². The number of hydrogen-bond donors (Lipinski definition) is 0. The molecule has 1 fully saturated rings. The van der Waals surface area contributed by atoms with E-state index in [2.05, 4.69) is 40.6 Å². The molecular formula is C23H28N6O2. The Kier molecular flexibility index (Phi) is 4.50. The molecule has 0 aromatic carbocycles. The van der Waals surface area contributed by atoms with Gasteiger partial charge in [-0.05, 0) is 38.7 Å². The van der Waals surface area contributed by atoms with E-state index in [1.54, 1.807) is 0 Å². The molecule has 0 unspecified atom stereocenters. The molecule has 8 nitrogen and oxygen atoms in total. The second kappa shape index (κ2) is 7.00. The van der Waals surface area contributed by atoms with Gasteiger partial charge in [0.05, 0.1) is 23.2 Å². The quantitative estimate of drug-likeness (QED) is 0.637. The molecule has 0 bridgehead atoms. The van der Waals surface area contributed by atoms with Crippen LogP contribution >= 0.6 is 0 Å². The Balaban J connectivity index is 1.53. The Morgan fingerprint density at radius 1 is 1.26 bits per heavy atom. The highest BCUT2D eigenvalue weighted by molar-refractivity contribution is 6.10. The number of aryl methyl sites for hydroxylation is 1. The predicted molar refractivity (Wildman–Crippen MR) is 117 cm³/mol. The molecule has 1 aliphatic heterocycles. The van der Waals surface area contributed by atoms with Gasteiger partial charge in [0.1, 0.15) is 23.7 Å². The molecule has 0 spiro atoms. The largest absolute Gasteiger partial charge is 0.442 e. The summed E-state index contributed by atoms with van der Waals surface area (Å²) >= 11 is 0. The maximum atomic E-state index is 13.7. The number of carbonyl (C=O) groups excluding carboxylic acids is 1. The summed E-state index contributed by atoms with van der Waals surface area (Å²) in [5, 5.41) is 0.706. The first kappa shape index (κ1) is 19.9. The fourth-order valence-corrected chi connectivity index (χ4v) is 4.24. The third-order valence-corrected chi connectivity index (χ3v) is 6.73. The summed E-state index contributed by atoms with van der Waals surface area (Å²) in [5.41, 5.74) is 3.14. The third-order valence-electron chi connectivity index (χ3n) is 6.73. The molecule has 4 heterocycles. The average molecular weight is 421 g/mol. The lowest BCUT2D eigenvalue weighted by atomic mass is 10.0. The van der Waals surface area contributed by atoms with E-state index in [1.807, 2.05) is 25.1 Å². The number of carbonyl (C=O) groups is 1. The first-order valence-corrected chi connectivity index (χ1v) is 10.9. The van der Waals surface area contributed by atoms with Gasteiger partial charge in [-0.3, -0.25) is 4.79 Å². The van der Waals surface area contributed by atoms with Crippen molar-refractivity contribution in [2.75, 3.05) is 18.5 Å². The first-order valence-electron chi connectivity index (χ1n) is 10.9. The van der Waals surface area contributed by atoms with Crippen LogP contribution in [-0.4, -0.2) is 49.9 Å². The molecule has 3 aromatic rings. The highest BCUT2D eigenvalue weighted by Crippen LogP contribution is 2.44. The second-order valence-corrected chi connectivity index (χ2v) is 9.30. The zero-order valence-corrected chi connectivity index (χ0v) is 18.8. The zero-order chi connectivity index (χ0) is 21.9. The number of rotatable bonds is 4. The van der Waals surface area contributed by atoms with Crippen LogP contribution in [0.4, 0.5) is 5.82 Å². The molecule has 2 aliphatic rings. The lowest BCUT2D eigenvalue weighted by Gasteiger charge is -2.29. The van der Waals surface area contributed by atoms with Crippen molar-refractivity contribution in [3.8, 4) is 0 Å². The highest BCUT2D eigenvalue weighted by atomic mass is 16.3. The first-order chi connectivity index (χ1) is 14.8. The van der Waals surface area contributed by atoms with E-state index in [0.29, 0.717) is 35.5 Å². The number of hydrogen-bond acceptors (Lipinski definition) is 7. The lowest BCUT2D eigenvalue weighted by molar-refractivity contribution is 0.0731. The minimum Gasteiger partial charge on any atom is -0.442 e. The smallest absolute Gasteiger partial charge is 0.258 e. The number of nitrogens with zero attached hydrogens (tertiary/aromatic N) is 6. The molecular weight excluding hydrogens is 392 g/mol.